The van der Waals surface area contributed by atoms with Gasteiger partial charge in [0.15, 0.2) is 0 Å². The molecule has 0 saturated heterocycles. The van der Waals surface area contributed by atoms with E-state index in [1.54, 1.807) is 19.2 Å². The van der Waals surface area contributed by atoms with Gasteiger partial charge >= 0.3 is 0 Å². The molecule has 0 spiro atoms. The lowest BCUT2D eigenvalue weighted by Crippen LogP contribution is -2.46. The molecule has 23 heavy (non-hydrogen) atoms. The van der Waals surface area contributed by atoms with Crippen LogP contribution in [-0.2, 0) is 14.8 Å². The SMILES string of the molecule is CCOc1cccc(S(=O)(=O)NC(=O)C(CC(C)(C)C)NC)c1. The number of carbonyl (C=O) groups is 1. The van der Waals surface area contributed by atoms with Crippen molar-refractivity contribution in [1.29, 1.82) is 0 Å². The molecule has 1 aromatic rings. The zero-order chi connectivity index (χ0) is 17.7. The molecule has 7 heteroatoms. The average molecular weight is 342 g/mol. The Balaban J connectivity index is 2.92. The summed E-state index contributed by atoms with van der Waals surface area (Å²) in [6.45, 7) is 8.22. The van der Waals surface area contributed by atoms with Crippen molar-refractivity contribution in [2.45, 2.75) is 45.1 Å². The molecule has 1 aromatic carbocycles. The number of carbonyl (C=O) groups excluding carboxylic acids is 1. The van der Waals surface area contributed by atoms with E-state index in [2.05, 4.69) is 10.0 Å². The summed E-state index contributed by atoms with van der Waals surface area (Å²) >= 11 is 0. The van der Waals surface area contributed by atoms with Crippen molar-refractivity contribution in [3.05, 3.63) is 24.3 Å². The Kier molecular flexibility index (Phi) is 6.58. The largest absolute Gasteiger partial charge is 0.494 e. The predicted octanol–water partition coefficient (Wildman–Crippen LogP) is 1.91. The van der Waals surface area contributed by atoms with Crippen molar-refractivity contribution in [3.8, 4) is 5.75 Å². The summed E-state index contributed by atoms with van der Waals surface area (Å²) in [5.74, 6) is -0.119. The lowest BCUT2D eigenvalue weighted by molar-refractivity contribution is -0.121. The predicted molar refractivity (Wildman–Crippen MR) is 89.9 cm³/mol. The number of benzene rings is 1. The van der Waals surface area contributed by atoms with Gasteiger partial charge in [-0.25, -0.2) is 13.1 Å². The monoisotopic (exact) mass is 342 g/mol. The Bertz CT molecular complexity index is 636. The molecule has 0 heterocycles. The van der Waals surface area contributed by atoms with Gasteiger partial charge < -0.3 is 10.1 Å². The third-order valence-electron chi connectivity index (χ3n) is 3.14. The number of amides is 1. The second kappa shape index (κ2) is 7.79. The molecule has 0 fully saturated rings. The van der Waals surface area contributed by atoms with Gasteiger partial charge in [-0.05, 0) is 37.9 Å². The zero-order valence-corrected chi connectivity index (χ0v) is 15.2. The van der Waals surface area contributed by atoms with Gasteiger partial charge in [0.05, 0.1) is 17.5 Å². The van der Waals surface area contributed by atoms with Gasteiger partial charge in [0.2, 0.25) is 0 Å². The van der Waals surface area contributed by atoms with E-state index in [0.717, 1.165) is 0 Å². The van der Waals surface area contributed by atoms with E-state index in [1.807, 2.05) is 27.7 Å². The zero-order valence-electron chi connectivity index (χ0n) is 14.3. The molecule has 1 unspecified atom stereocenters. The minimum Gasteiger partial charge on any atom is -0.494 e. The molecule has 2 N–H and O–H groups in total. The van der Waals surface area contributed by atoms with Gasteiger partial charge in [-0.3, -0.25) is 4.79 Å². The number of likely N-dealkylation sites (N-methyl/N-ethyl adjacent to an activating group) is 1. The highest BCUT2D eigenvalue weighted by atomic mass is 32.2. The molecule has 1 amide bonds. The summed E-state index contributed by atoms with van der Waals surface area (Å²) in [5.41, 5.74) is -0.107. The second-order valence-electron chi connectivity index (χ2n) is 6.48. The van der Waals surface area contributed by atoms with E-state index in [0.29, 0.717) is 18.8 Å². The minimum absolute atomic E-state index is 0.00223. The van der Waals surface area contributed by atoms with Crippen LogP contribution in [0.4, 0.5) is 0 Å². The number of hydrogen-bond acceptors (Lipinski definition) is 5. The fraction of sp³-hybridized carbons (Fsp3) is 0.562. The summed E-state index contributed by atoms with van der Waals surface area (Å²) in [6.07, 6.45) is 0.518. The molecule has 0 radical (unpaired) electrons. The molecular weight excluding hydrogens is 316 g/mol. The van der Waals surface area contributed by atoms with Crippen LogP contribution in [0.15, 0.2) is 29.2 Å². The molecule has 1 atom stereocenters. The molecule has 0 aliphatic carbocycles. The maximum absolute atomic E-state index is 12.4. The molecule has 0 saturated carbocycles. The number of hydrogen-bond donors (Lipinski definition) is 2. The molecule has 0 aromatic heterocycles. The Morgan fingerprint density at radius 2 is 1.96 bits per heavy atom. The molecule has 1 rings (SSSR count). The normalized spacial score (nSPS) is 13.4. The lowest BCUT2D eigenvalue weighted by atomic mass is 9.88. The van der Waals surface area contributed by atoms with E-state index in [4.69, 9.17) is 4.74 Å². The van der Waals surface area contributed by atoms with Gasteiger partial charge in [-0.15, -0.1) is 0 Å². The Hall–Kier alpha value is -1.60. The first-order valence-electron chi connectivity index (χ1n) is 7.56. The van der Waals surface area contributed by atoms with Crippen LogP contribution in [0.25, 0.3) is 0 Å². The maximum Gasteiger partial charge on any atom is 0.264 e. The fourth-order valence-electron chi connectivity index (χ4n) is 2.10. The molecule has 0 aliphatic rings. The van der Waals surface area contributed by atoms with Crippen LogP contribution in [0.3, 0.4) is 0 Å². The van der Waals surface area contributed by atoms with E-state index in [1.165, 1.54) is 12.1 Å². The molecule has 130 valence electrons. The van der Waals surface area contributed by atoms with Crippen LogP contribution < -0.4 is 14.8 Å². The van der Waals surface area contributed by atoms with Crippen molar-refractivity contribution in [1.82, 2.24) is 10.0 Å². The van der Waals surface area contributed by atoms with Crippen LogP contribution in [0.1, 0.15) is 34.1 Å². The smallest absolute Gasteiger partial charge is 0.264 e. The van der Waals surface area contributed by atoms with Gasteiger partial charge in [0.1, 0.15) is 5.75 Å². The first kappa shape index (κ1) is 19.4. The number of sulfonamides is 1. The number of nitrogens with one attached hydrogen (secondary N) is 2. The summed E-state index contributed by atoms with van der Waals surface area (Å²) in [5, 5.41) is 2.86. The summed E-state index contributed by atoms with van der Waals surface area (Å²) in [4.78, 5) is 12.3. The molecule has 0 aliphatic heterocycles. The standard InChI is InChI=1S/C16H26N2O4S/c1-6-22-12-8-7-9-13(10-12)23(20,21)18-15(19)14(17-5)11-16(2,3)4/h7-10,14,17H,6,11H2,1-5H3,(H,18,19). The van der Waals surface area contributed by atoms with Crippen molar-refractivity contribution in [2.24, 2.45) is 5.41 Å². The summed E-state index contributed by atoms with van der Waals surface area (Å²) in [7, 11) is -2.29. The second-order valence-corrected chi connectivity index (χ2v) is 8.17. The highest BCUT2D eigenvalue weighted by Crippen LogP contribution is 2.21. The minimum atomic E-state index is -3.93. The van der Waals surface area contributed by atoms with Crippen molar-refractivity contribution in [2.75, 3.05) is 13.7 Å². The highest BCUT2D eigenvalue weighted by Gasteiger charge is 2.27. The van der Waals surface area contributed by atoms with E-state index >= 15 is 0 Å². The fourth-order valence-corrected chi connectivity index (χ4v) is 3.15. The van der Waals surface area contributed by atoms with Gasteiger partial charge in [-0.2, -0.15) is 0 Å². The van der Waals surface area contributed by atoms with Crippen LogP contribution in [0, 0.1) is 5.41 Å². The summed E-state index contributed by atoms with van der Waals surface area (Å²) < 4.78 is 32.2. The number of rotatable bonds is 7. The Morgan fingerprint density at radius 3 is 2.48 bits per heavy atom. The highest BCUT2D eigenvalue weighted by molar-refractivity contribution is 7.90. The quantitative estimate of drug-likeness (QED) is 0.791. The topological polar surface area (TPSA) is 84.5 Å². The molecular formula is C16H26N2O4S. The van der Waals surface area contributed by atoms with Gasteiger partial charge in [0, 0.05) is 6.07 Å². The van der Waals surface area contributed by atoms with E-state index < -0.39 is 22.0 Å². The van der Waals surface area contributed by atoms with Crippen molar-refractivity contribution in [3.63, 3.8) is 0 Å². The van der Waals surface area contributed by atoms with Gasteiger partial charge in [-0.1, -0.05) is 26.8 Å². The van der Waals surface area contributed by atoms with Crippen LogP contribution in [-0.4, -0.2) is 34.0 Å². The van der Waals surface area contributed by atoms with Crippen molar-refractivity contribution < 1.29 is 17.9 Å². The van der Waals surface area contributed by atoms with Crippen molar-refractivity contribution >= 4 is 15.9 Å². The third-order valence-corrected chi connectivity index (χ3v) is 4.49. The summed E-state index contributed by atoms with van der Waals surface area (Å²) in [6, 6.07) is 5.49. The Morgan fingerprint density at radius 1 is 1.30 bits per heavy atom. The first-order chi connectivity index (χ1) is 10.6. The molecule has 0 bridgehead atoms. The Labute approximate surface area is 138 Å². The van der Waals surface area contributed by atoms with E-state index in [9.17, 15) is 13.2 Å². The maximum atomic E-state index is 12.4. The van der Waals surface area contributed by atoms with Crippen LogP contribution in [0.5, 0.6) is 5.75 Å². The molecule has 6 nitrogen and oxygen atoms in total. The van der Waals surface area contributed by atoms with Gasteiger partial charge in [0.25, 0.3) is 15.9 Å². The van der Waals surface area contributed by atoms with Crippen LogP contribution >= 0.6 is 0 Å². The third kappa shape index (κ3) is 6.19. The number of ether oxygens (including phenoxy) is 1. The van der Waals surface area contributed by atoms with Crippen LogP contribution in [0.2, 0.25) is 0 Å². The average Bonchev–Trinajstić information content (AvgIpc) is 2.44. The van der Waals surface area contributed by atoms with E-state index in [-0.39, 0.29) is 10.3 Å². The first-order valence-corrected chi connectivity index (χ1v) is 9.04. The lowest BCUT2D eigenvalue weighted by Gasteiger charge is -2.24.